The standard InChI is InChI=1S/C11H6N2O/c12-6-10-3-2-9-5-8(7-14)1-4-11(9)13-10/h1-5,7H. The van der Waals surface area contributed by atoms with Gasteiger partial charge in [0.1, 0.15) is 18.0 Å². The highest BCUT2D eigenvalue weighted by molar-refractivity contribution is 5.86. The van der Waals surface area contributed by atoms with E-state index >= 15 is 0 Å². The number of fused-ring (bicyclic) bond motifs is 1. The summed E-state index contributed by atoms with van der Waals surface area (Å²) < 4.78 is 0. The predicted octanol–water partition coefficient (Wildman–Crippen LogP) is 1.92. The van der Waals surface area contributed by atoms with E-state index in [0.717, 1.165) is 17.2 Å². The lowest BCUT2D eigenvalue weighted by Crippen LogP contribution is -1.85. The van der Waals surface area contributed by atoms with Crippen molar-refractivity contribution in [2.45, 2.75) is 0 Å². The quantitative estimate of drug-likeness (QED) is 0.633. The average molecular weight is 182 g/mol. The van der Waals surface area contributed by atoms with E-state index in [-0.39, 0.29) is 0 Å². The molecule has 0 unspecified atom stereocenters. The minimum Gasteiger partial charge on any atom is -0.298 e. The van der Waals surface area contributed by atoms with Crippen molar-refractivity contribution in [1.29, 1.82) is 5.26 Å². The number of benzene rings is 1. The van der Waals surface area contributed by atoms with Crippen molar-refractivity contribution in [3.8, 4) is 6.07 Å². The molecule has 0 aliphatic carbocycles. The molecule has 2 rings (SSSR count). The molecule has 0 N–H and O–H groups in total. The molecule has 14 heavy (non-hydrogen) atoms. The predicted molar refractivity (Wildman–Crippen MR) is 51.8 cm³/mol. The summed E-state index contributed by atoms with van der Waals surface area (Å²) in [5.41, 5.74) is 1.73. The first kappa shape index (κ1) is 8.39. The summed E-state index contributed by atoms with van der Waals surface area (Å²) in [7, 11) is 0. The second-order valence-corrected chi connectivity index (χ2v) is 2.88. The van der Waals surface area contributed by atoms with Crippen LogP contribution in [-0.4, -0.2) is 11.3 Å². The Bertz CT molecular complexity index is 540. The molecule has 0 bridgehead atoms. The highest BCUT2D eigenvalue weighted by atomic mass is 16.1. The van der Waals surface area contributed by atoms with E-state index in [1.165, 1.54) is 0 Å². The number of aldehydes is 1. The zero-order valence-electron chi connectivity index (χ0n) is 7.27. The van der Waals surface area contributed by atoms with Crippen LogP contribution in [0.4, 0.5) is 0 Å². The molecule has 0 atom stereocenters. The second-order valence-electron chi connectivity index (χ2n) is 2.88. The van der Waals surface area contributed by atoms with Crippen molar-refractivity contribution < 1.29 is 4.79 Å². The molecule has 0 aliphatic heterocycles. The van der Waals surface area contributed by atoms with Crippen molar-refractivity contribution in [1.82, 2.24) is 4.98 Å². The number of carbonyl (C=O) groups is 1. The van der Waals surface area contributed by atoms with Crippen LogP contribution in [-0.2, 0) is 0 Å². The number of pyridine rings is 1. The number of rotatable bonds is 1. The Balaban J connectivity index is 2.70. The Kier molecular flexibility index (Phi) is 1.96. The molecule has 3 heteroatoms. The molecule has 0 fully saturated rings. The molecule has 3 nitrogen and oxygen atoms in total. The average Bonchev–Trinajstić information content (AvgIpc) is 2.27. The highest BCUT2D eigenvalue weighted by Gasteiger charge is 1.98. The van der Waals surface area contributed by atoms with Crippen LogP contribution in [0.5, 0.6) is 0 Å². The fourth-order valence-electron chi connectivity index (χ4n) is 1.28. The third-order valence-electron chi connectivity index (χ3n) is 1.96. The van der Waals surface area contributed by atoms with Crippen molar-refractivity contribution in [2.75, 3.05) is 0 Å². The van der Waals surface area contributed by atoms with Crippen LogP contribution in [0.3, 0.4) is 0 Å². The molecule has 0 spiro atoms. The molecule has 0 saturated heterocycles. The smallest absolute Gasteiger partial charge is 0.150 e. The van der Waals surface area contributed by atoms with Crippen molar-refractivity contribution >= 4 is 17.2 Å². The summed E-state index contributed by atoms with van der Waals surface area (Å²) in [6.07, 6.45) is 0.789. The van der Waals surface area contributed by atoms with Crippen LogP contribution >= 0.6 is 0 Å². The minimum atomic E-state index is 0.386. The van der Waals surface area contributed by atoms with E-state index in [2.05, 4.69) is 4.98 Å². The van der Waals surface area contributed by atoms with Gasteiger partial charge in [0, 0.05) is 10.9 Å². The van der Waals surface area contributed by atoms with Gasteiger partial charge in [-0.25, -0.2) is 4.98 Å². The summed E-state index contributed by atoms with van der Waals surface area (Å²) in [6.45, 7) is 0. The van der Waals surface area contributed by atoms with E-state index in [1.807, 2.05) is 6.07 Å². The number of carbonyl (C=O) groups excluding carboxylic acids is 1. The first-order chi connectivity index (χ1) is 6.83. The van der Waals surface area contributed by atoms with Gasteiger partial charge in [0.2, 0.25) is 0 Å². The minimum absolute atomic E-state index is 0.386. The van der Waals surface area contributed by atoms with Crippen molar-refractivity contribution in [3.63, 3.8) is 0 Å². The van der Waals surface area contributed by atoms with Crippen molar-refractivity contribution in [2.24, 2.45) is 0 Å². The molecule has 1 aromatic heterocycles. The first-order valence-corrected chi connectivity index (χ1v) is 4.09. The lowest BCUT2D eigenvalue weighted by Gasteiger charge is -1.97. The van der Waals surface area contributed by atoms with Crippen LogP contribution in [0, 0.1) is 11.3 Å². The topological polar surface area (TPSA) is 53.8 Å². The molecule has 0 amide bonds. The molecule has 66 valence electrons. The van der Waals surface area contributed by atoms with E-state index in [9.17, 15) is 4.79 Å². The number of nitrogens with zero attached hydrogens (tertiary/aromatic N) is 2. The normalized spacial score (nSPS) is 9.64. The highest BCUT2D eigenvalue weighted by Crippen LogP contribution is 2.13. The van der Waals surface area contributed by atoms with Gasteiger partial charge in [-0.1, -0.05) is 0 Å². The Hall–Kier alpha value is -2.21. The third-order valence-corrected chi connectivity index (χ3v) is 1.96. The molecule has 1 heterocycles. The molecular weight excluding hydrogens is 176 g/mol. The lowest BCUT2D eigenvalue weighted by atomic mass is 10.1. The lowest BCUT2D eigenvalue weighted by molar-refractivity contribution is 0.112. The van der Waals surface area contributed by atoms with Gasteiger partial charge in [0.25, 0.3) is 0 Å². The Morgan fingerprint density at radius 2 is 2.14 bits per heavy atom. The summed E-state index contributed by atoms with van der Waals surface area (Å²) in [5.74, 6) is 0. The van der Waals surface area contributed by atoms with Gasteiger partial charge in [-0.15, -0.1) is 0 Å². The van der Waals surface area contributed by atoms with Gasteiger partial charge in [0.05, 0.1) is 5.52 Å². The number of hydrogen-bond acceptors (Lipinski definition) is 3. The maximum absolute atomic E-state index is 10.5. The van der Waals surface area contributed by atoms with E-state index in [0.29, 0.717) is 11.3 Å². The van der Waals surface area contributed by atoms with Crippen LogP contribution < -0.4 is 0 Å². The first-order valence-electron chi connectivity index (χ1n) is 4.09. The fourth-order valence-corrected chi connectivity index (χ4v) is 1.28. The number of nitriles is 1. The van der Waals surface area contributed by atoms with Gasteiger partial charge in [0.15, 0.2) is 0 Å². The molecule has 2 aromatic rings. The maximum Gasteiger partial charge on any atom is 0.150 e. The van der Waals surface area contributed by atoms with Gasteiger partial charge in [-0.05, 0) is 30.3 Å². The molecule has 0 saturated carbocycles. The molecule has 0 aliphatic rings. The fraction of sp³-hybridized carbons (Fsp3) is 0. The van der Waals surface area contributed by atoms with E-state index in [4.69, 9.17) is 5.26 Å². The zero-order valence-corrected chi connectivity index (χ0v) is 7.27. The Morgan fingerprint density at radius 3 is 2.86 bits per heavy atom. The summed E-state index contributed by atoms with van der Waals surface area (Å²) in [6, 6.07) is 10.6. The summed E-state index contributed by atoms with van der Waals surface area (Å²) in [4.78, 5) is 14.6. The van der Waals surface area contributed by atoms with Gasteiger partial charge >= 0.3 is 0 Å². The van der Waals surface area contributed by atoms with E-state index in [1.54, 1.807) is 30.3 Å². The van der Waals surface area contributed by atoms with Gasteiger partial charge in [-0.3, -0.25) is 4.79 Å². The van der Waals surface area contributed by atoms with Crippen LogP contribution in [0.1, 0.15) is 16.1 Å². The maximum atomic E-state index is 10.5. The van der Waals surface area contributed by atoms with Gasteiger partial charge < -0.3 is 0 Å². The SMILES string of the molecule is N#Cc1ccc2cc(C=O)ccc2n1. The summed E-state index contributed by atoms with van der Waals surface area (Å²) in [5, 5.41) is 9.50. The van der Waals surface area contributed by atoms with Crippen molar-refractivity contribution in [3.05, 3.63) is 41.6 Å². The zero-order chi connectivity index (χ0) is 9.97. The molecular formula is C11H6N2O. The van der Waals surface area contributed by atoms with Crippen LogP contribution in [0.25, 0.3) is 10.9 Å². The van der Waals surface area contributed by atoms with Crippen LogP contribution in [0.2, 0.25) is 0 Å². The third kappa shape index (κ3) is 1.34. The molecule has 0 radical (unpaired) electrons. The monoisotopic (exact) mass is 182 g/mol. The van der Waals surface area contributed by atoms with E-state index < -0.39 is 0 Å². The van der Waals surface area contributed by atoms with Crippen LogP contribution in [0.15, 0.2) is 30.3 Å². The second kappa shape index (κ2) is 3.27. The summed E-state index contributed by atoms with van der Waals surface area (Å²) >= 11 is 0. The van der Waals surface area contributed by atoms with Gasteiger partial charge in [-0.2, -0.15) is 5.26 Å². The largest absolute Gasteiger partial charge is 0.298 e. The number of aromatic nitrogens is 1. The Morgan fingerprint density at radius 1 is 1.29 bits per heavy atom. The molecule has 1 aromatic carbocycles. The Labute approximate surface area is 80.6 Å². The number of hydrogen-bond donors (Lipinski definition) is 0.